The number of rotatable bonds is 16. The van der Waals surface area contributed by atoms with Crippen molar-refractivity contribution < 1.29 is 38.0 Å². The highest BCUT2D eigenvalue weighted by Gasteiger charge is 2.13. The van der Waals surface area contributed by atoms with E-state index in [1.165, 1.54) is 13.3 Å². The molecular weight excluding hydrogens is 332 g/mol. The molecule has 1 saturated heterocycles. The minimum atomic E-state index is -0.299. The average molecular weight is 364 g/mol. The van der Waals surface area contributed by atoms with Gasteiger partial charge in [0, 0.05) is 13.5 Å². The molecule has 0 bridgehead atoms. The van der Waals surface area contributed by atoms with Crippen molar-refractivity contribution in [2.24, 2.45) is 0 Å². The van der Waals surface area contributed by atoms with Gasteiger partial charge < -0.3 is 33.2 Å². The van der Waals surface area contributed by atoms with E-state index in [4.69, 9.17) is 33.2 Å². The second kappa shape index (κ2) is 16.7. The third kappa shape index (κ3) is 15.2. The molecule has 0 aromatic carbocycles. The summed E-state index contributed by atoms with van der Waals surface area (Å²) in [6, 6.07) is 0. The molecule has 0 aliphatic carbocycles. The standard InChI is InChI=1S/C17H32O8/c1-16(18)23-14-12-21-10-8-19-6-7-20-9-11-22-13-15-25-17-4-2-3-5-24-17/h17H,2-15H2,1H3. The Morgan fingerprint density at radius 2 is 1.32 bits per heavy atom. The molecule has 1 aliphatic rings. The van der Waals surface area contributed by atoms with Crippen LogP contribution in [0.1, 0.15) is 26.2 Å². The lowest BCUT2D eigenvalue weighted by Gasteiger charge is -2.22. The lowest BCUT2D eigenvalue weighted by atomic mass is 10.2. The van der Waals surface area contributed by atoms with Gasteiger partial charge in [-0.3, -0.25) is 4.79 Å². The second-order valence-corrected chi connectivity index (χ2v) is 5.46. The van der Waals surface area contributed by atoms with Crippen LogP contribution in [0.5, 0.6) is 0 Å². The summed E-state index contributed by atoms with van der Waals surface area (Å²) in [7, 11) is 0. The molecule has 0 aromatic heterocycles. The van der Waals surface area contributed by atoms with Crippen LogP contribution in [-0.4, -0.2) is 84.9 Å². The first-order valence-electron chi connectivity index (χ1n) is 8.96. The number of hydrogen-bond donors (Lipinski definition) is 0. The fourth-order valence-corrected chi connectivity index (χ4v) is 2.09. The molecule has 0 N–H and O–H groups in total. The highest BCUT2D eigenvalue weighted by atomic mass is 16.7. The maximum absolute atomic E-state index is 10.5. The zero-order valence-corrected chi connectivity index (χ0v) is 15.2. The number of esters is 1. The van der Waals surface area contributed by atoms with Crippen LogP contribution in [0.3, 0.4) is 0 Å². The Bertz CT molecular complexity index is 307. The molecule has 0 radical (unpaired) electrons. The van der Waals surface area contributed by atoms with Gasteiger partial charge in [0.15, 0.2) is 6.29 Å². The molecule has 0 spiro atoms. The molecule has 148 valence electrons. The molecule has 1 atom stereocenters. The molecule has 1 heterocycles. The summed E-state index contributed by atoms with van der Waals surface area (Å²) in [5, 5.41) is 0. The number of carbonyl (C=O) groups excluding carboxylic acids is 1. The van der Waals surface area contributed by atoms with Gasteiger partial charge >= 0.3 is 5.97 Å². The highest BCUT2D eigenvalue weighted by molar-refractivity contribution is 5.65. The third-order valence-corrected chi connectivity index (χ3v) is 3.32. The molecular formula is C17H32O8. The summed E-state index contributed by atoms with van der Waals surface area (Å²) >= 11 is 0. The summed E-state index contributed by atoms with van der Waals surface area (Å²) in [4.78, 5) is 10.5. The van der Waals surface area contributed by atoms with Gasteiger partial charge in [-0.05, 0) is 19.3 Å². The summed E-state index contributed by atoms with van der Waals surface area (Å²) in [6.07, 6.45) is 3.21. The largest absolute Gasteiger partial charge is 0.463 e. The number of ether oxygens (including phenoxy) is 7. The zero-order valence-electron chi connectivity index (χ0n) is 15.2. The molecule has 1 aliphatic heterocycles. The van der Waals surface area contributed by atoms with Gasteiger partial charge in [0.2, 0.25) is 0 Å². The van der Waals surface area contributed by atoms with E-state index in [-0.39, 0.29) is 18.9 Å². The number of hydrogen-bond acceptors (Lipinski definition) is 8. The molecule has 0 saturated carbocycles. The van der Waals surface area contributed by atoms with Crippen molar-refractivity contribution in [1.29, 1.82) is 0 Å². The van der Waals surface area contributed by atoms with Crippen molar-refractivity contribution in [3.05, 3.63) is 0 Å². The van der Waals surface area contributed by atoms with Crippen molar-refractivity contribution in [3.63, 3.8) is 0 Å². The van der Waals surface area contributed by atoms with E-state index in [1.807, 2.05) is 0 Å². The first-order chi connectivity index (χ1) is 12.3. The Balaban J connectivity index is 1.67. The summed E-state index contributed by atoms with van der Waals surface area (Å²) < 4.78 is 37.1. The fraction of sp³-hybridized carbons (Fsp3) is 0.941. The van der Waals surface area contributed by atoms with E-state index in [9.17, 15) is 4.79 Å². The van der Waals surface area contributed by atoms with E-state index < -0.39 is 0 Å². The van der Waals surface area contributed by atoms with Crippen LogP contribution in [0.15, 0.2) is 0 Å². The molecule has 8 heteroatoms. The Morgan fingerprint density at radius 3 is 1.80 bits per heavy atom. The minimum absolute atomic E-state index is 0.0589. The fourth-order valence-electron chi connectivity index (χ4n) is 2.09. The molecule has 1 rings (SSSR count). The monoisotopic (exact) mass is 364 g/mol. The van der Waals surface area contributed by atoms with E-state index in [0.29, 0.717) is 59.5 Å². The van der Waals surface area contributed by atoms with Gasteiger partial charge in [-0.2, -0.15) is 0 Å². The van der Waals surface area contributed by atoms with Gasteiger partial charge in [0.05, 0.1) is 59.5 Å². The molecule has 0 amide bonds. The number of carbonyl (C=O) groups is 1. The summed E-state index contributed by atoms with van der Waals surface area (Å²) in [5.74, 6) is -0.299. The molecule has 25 heavy (non-hydrogen) atoms. The SMILES string of the molecule is CC(=O)OCCOCCOCCOCCOCCOC1CCCCO1. The van der Waals surface area contributed by atoms with Gasteiger partial charge in [0.1, 0.15) is 6.61 Å². The van der Waals surface area contributed by atoms with Crippen LogP contribution in [0.4, 0.5) is 0 Å². The molecule has 1 fully saturated rings. The summed E-state index contributed by atoms with van der Waals surface area (Å²) in [5.41, 5.74) is 0. The maximum Gasteiger partial charge on any atom is 0.302 e. The van der Waals surface area contributed by atoms with Gasteiger partial charge in [-0.1, -0.05) is 0 Å². The first-order valence-corrected chi connectivity index (χ1v) is 8.96. The summed E-state index contributed by atoms with van der Waals surface area (Å²) in [6.45, 7) is 6.96. The van der Waals surface area contributed by atoms with E-state index in [0.717, 1.165) is 19.4 Å². The van der Waals surface area contributed by atoms with Crippen LogP contribution < -0.4 is 0 Å². The van der Waals surface area contributed by atoms with Crippen molar-refractivity contribution in [2.45, 2.75) is 32.5 Å². The van der Waals surface area contributed by atoms with Crippen LogP contribution in [-0.2, 0) is 38.0 Å². The van der Waals surface area contributed by atoms with E-state index in [2.05, 4.69) is 0 Å². The Labute approximate surface area is 150 Å². The topological polar surface area (TPSA) is 81.7 Å². The highest BCUT2D eigenvalue weighted by Crippen LogP contribution is 2.13. The Morgan fingerprint density at radius 1 is 0.800 bits per heavy atom. The van der Waals surface area contributed by atoms with Crippen molar-refractivity contribution in [2.75, 3.05) is 72.7 Å². The van der Waals surface area contributed by atoms with Crippen LogP contribution in [0.2, 0.25) is 0 Å². The second-order valence-electron chi connectivity index (χ2n) is 5.46. The van der Waals surface area contributed by atoms with E-state index >= 15 is 0 Å². The Hall–Kier alpha value is -0.770. The predicted octanol–water partition coefficient (Wildman–Crippen LogP) is 1.16. The van der Waals surface area contributed by atoms with Gasteiger partial charge in [-0.15, -0.1) is 0 Å². The Kier molecular flexibility index (Phi) is 14.9. The molecule has 1 unspecified atom stereocenters. The molecule has 8 nitrogen and oxygen atoms in total. The lowest BCUT2D eigenvalue weighted by molar-refractivity contribution is -0.169. The normalized spacial score (nSPS) is 17.6. The van der Waals surface area contributed by atoms with Crippen LogP contribution in [0.25, 0.3) is 0 Å². The van der Waals surface area contributed by atoms with Gasteiger partial charge in [0.25, 0.3) is 0 Å². The minimum Gasteiger partial charge on any atom is -0.463 e. The quantitative estimate of drug-likeness (QED) is 0.298. The van der Waals surface area contributed by atoms with Crippen LogP contribution in [0, 0.1) is 0 Å². The van der Waals surface area contributed by atoms with Crippen molar-refractivity contribution in [1.82, 2.24) is 0 Å². The van der Waals surface area contributed by atoms with E-state index in [1.54, 1.807) is 0 Å². The van der Waals surface area contributed by atoms with Gasteiger partial charge in [-0.25, -0.2) is 0 Å². The lowest BCUT2D eigenvalue weighted by Crippen LogP contribution is -2.24. The third-order valence-electron chi connectivity index (χ3n) is 3.32. The first kappa shape index (κ1) is 22.3. The predicted molar refractivity (Wildman–Crippen MR) is 89.5 cm³/mol. The molecule has 0 aromatic rings. The van der Waals surface area contributed by atoms with Crippen molar-refractivity contribution in [3.8, 4) is 0 Å². The zero-order chi connectivity index (χ0) is 18.0. The van der Waals surface area contributed by atoms with Crippen LogP contribution >= 0.6 is 0 Å². The maximum atomic E-state index is 10.5. The smallest absolute Gasteiger partial charge is 0.302 e. The van der Waals surface area contributed by atoms with Crippen molar-refractivity contribution >= 4 is 5.97 Å². The average Bonchev–Trinajstić information content (AvgIpc) is 2.62.